The Labute approximate surface area is 379 Å². The molecule has 62 heavy (non-hydrogen) atoms. The number of unbranched alkanes of at least 4 members (excludes halogenated alkanes) is 1. The predicted octanol–water partition coefficient (Wildman–Crippen LogP) is 10.5. The molecule has 0 bridgehead atoms. The van der Waals surface area contributed by atoms with E-state index in [1.807, 2.05) is 99.6 Å². The molecular weight excluding hydrogens is 799 g/mol. The van der Waals surface area contributed by atoms with Crippen molar-refractivity contribution in [3.63, 3.8) is 0 Å². The molecule has 0 fully saturated rings. The number of hydrogen-bond donors (Lipinski definition) is 6. The van der Waals surface area contributed by atoms with Gasteiger partial charge in [-0.05, 0) is 36.0 Å². The number of hydrogen-bond acceptors (Lipinski definition) is 6. The van der Waals surface area contributed by atoms with Crippen LogP contribution in [0.2, 0.25) is 0 Å². The molecule has 0 aliphatic rings. The lowest BCUT2D eigenvalue weighted by molar-refractivity contribution is -0.136. The van der Waals surface area contributed by atoms with Gasteiger partial charge in [-0.2, -0.15) is 0 Å². The zero-order valence-electron chi connectivity index (χ0n) is 39.4. The van der Waals surface area contributed by atoms with Gasteiger partial charge in [0.25, 0.3) is 0 Å². The molecule has 0 aromatic heterocycles. The number of terminal acetylenes is 2. The van der Waals surface area contributed by atoms with Crippen molar-refractivity contribution in [1.29, 1.82) is 5.41 Å². The highest BCUT2D eigenvalue weighted by Gasteiger charge is 2.25. The van der Waals surface area contributed by atoms with E-state index in [1.54, 1.807) is 61.5 Å². The van der Waals surface area contributed by atoms with E-state index >= 15 is 0 Å². The highest BCUT2D eigenvalue weighted by Crippen LogP contribution is 2.10. The molecular formula is C50H85N5O6S. The largest absolute Gasteiger partial charge is 0.481 e. The number of amidine groups is 1. The first-order valence-electron chi connectivity index (χ1n) is 20.9. The number of carboxylic acid groups (broad SMARTS) is 1. The van der Waals surface area contributed by atoms with Crippen LogP contribution in [0.5, 0.6) is 0 Å². The molecule has 3 aromatic carbocycles. The summed E-state index contributed by atoms with van der Waals surface area (Å²) in [6, 6.07) is 24.0. The van der Waals surface area contributed by atoms with Gasteiger partial charge >= 0.3 is 5.97 Å². The van der Waals surface area contributed by atoms with Crippen molar-refractivity contribution in [3.05, 3.63) is 120 Å². The van der Waals surface area contributed by atoms with Gasteiger partial charge in [-0.15, -0.1) is 38.3 Å². The second kappa shape index (κ2) is 57.4. The molecule has 0 heterocycles. The first kappa shape index (κ1) is 73.8. The molecule has 12 heteroatoms. The number of carboxylic acids is 1. The summed E-state index contributed by atoms with van der Waals surface area (Å²) < 4.78 is 28.1. The zero-order chi connectivity index (χ0) is 49.1. The van der Waals surface area contributed by atoms with E-state index in [1.165, 1.54) is 0 Å². The molecule has 2 amide bonds. The Bertz CT molecular complexity index is 1610. The Hall–Kier alpha value is -5.69. The summed E-state index contributed by atoms with van der Waals surface area (Å²) in [5, 5.41) is 20.4. The lowest BCUT2D eigenvalue weighted by Gasteiger charge is -2.19. The number of amides is 2. The average Bonchev–Trinajstić information content (AvgIpc) is 3.32. The van der Waals surface area contributed by atoms with Gasteiger partial charge in [-0.25, -0.2) is 13.1 Å². The van der Waals surface area contributed by atoms with Crippen LogP contribution in [0.3, 0.4) is 0 Å². The number of nitrogens with one attached hydrogen (secondary N) is 4. The van der Waals surface area contributed by atoms with Gasteiger partial charge in [0, 0.05) is 24.9 Å². The SMILES string of the molecule is C.C#C.C#CCCC.C=C.CC.CC.CC.CC.CC.CCC(=O)O.N=C(N)c1ccc(CNC(=O)CNC(=O)[C@@H](CCc2ccccc2)NS(=O)(=O)Cc2ccccc2)cc1. The third kappa shape index (κ3) is 47.0. The lowest BCUT2D eigenvalue weighted by Crippen LogP contribution is -2.49. The van der Waals surface area contributed by atoms with Gasteiger partial charge in [0.05, 0.1) is 12.3 Å². The molecule has 0 aliphatic heterocycles. The number of nitrogen functional groups attached to an aromatic ring is 1. The number of benzene rings is 3. The quantitative estimate of drug-likeness (QED) is 0.0378. The van der Waals surface area contributed by atoms with Crippen LogP contribution in [-0.4, -0.2) is 49.7 Å². The van der Waals surface area contributed by atoms with Crippen molar-refractivity contribution in [2.45, 2.75) is 141 Å². The molecule has 1 atom stereocenters. The van der Waals surface area contributed by atoms with Crippen molar-refractivity contribution in [3.8, 4) is 25.2 Å². The number of aryl methyl sites for hydroxylation is 1. The summed E-state index contributed by atoms with van der Waals surface area (Å²) in [5.41, 5.74) is 8.40. The number of nitrogens with two attached hydrogens (primary N) is 1. The van der Waals surface area contributed by atoms with E-state index in [-0.39, 0.29) is 44.9 Å². The monoisotopic (exact) mass is 884 g/mol. The Morgan fingerprint density at radius 1 is 0.758 bits per heavy atom. The Morgan fingerprint density at radius 2 is 1.18 bits per heavy atom. The van der Waals surface area contributed by atoms with Crippen molar-refractivity contribution < 1.29 is 27.9 Å². The Morgan fingerprint density at radius 3 is 1.53 bits per heavy atom. The standard InChI is InChI=1S/C27H31N5O4S.C5H8.C3H6O2.5C2H6.C2H4.C2H2.CH4/c28-26(29)23-14-11-21(12-15-23)17-30-25(33)18-31-27(34)24(16-13-20-7-3-1-4-8-20)32-37(35,36)19-22-9-5-2-6-10-22;1-3-5-4-2;1-2-3(4)5;7*1-2;/h1-12,14-15,24,32H,13,16-19H2,(H3,28,29)(H,30,33)(H,31,34);1H,4-5H2,2H3;2H2,1H3,(H,4,5);5*1-2H3;1-2H2;1-2H;1H4/t24-;;;;;;;;;;/m1........../s1. The van der Waals surface area contributed by atoms with E-state index in [4.69, 9.17) is 22.7 Å². The highest BCUT2D eigenvalue weighted by atomic mass is 32.2. The van der Waals surface area contributed by atoms with Crippen LogP contribution in [0.25, 0.3) is 0 Å². The molecule has 352 valence electrons. The molecule has 0 aliphatic carbocycles. The lowest BCUT2D eigenvalue weighted by atomic mass is 10.1. The fourth-order valence-corrected chi connectivity index (χ4v) is 5.12. The second-order valence-corrected chi connectivity index (χ2v) is 12.0. The van der Waals surface area contributed by atoms with Gasteiger partial charge in [-0.1, -0.05) is 175 Å². The third-order valence-corrected chi connectivity index (χ3v) is 7.63. The van der Waals surface area contributed by atoms with Gasteiger partial charge < -0.3 is 21.5 Å². The van der Waals surface area contributed by atoms with Gasteiger partial charge in [0.1, 0.15) is 11.9 Å². The van der Waals surface area contributed by atoms with E-state index in [0.717, 1.165) is 24.0 Å². The normalized spacial score (nSPS) is 8.79. The summed E-state index contributed by atoms with van der Waals surface area (Å²) in [4.78, 5) is 34.6. The first-order valence-corrected chi connectivity index (χ1v) is 22.6. The van der Waals surface area contributed by atoms with E-state index in [9.17, 15) is 22.8 Å². The second-order valence-electron chi connectivity index (χ2n) is 10.2. The molecule has 7 N–H and O–H groups in total. The summed E-state index contributed by atoms with van der Waals surface area (Å²) in [6.45, 7) is 29.6. The third-order valence-electron chi connectivity index (χ3n) is 6.28. The summed E-state index contributed by atoms with van der Waals surface area (Å²) in [7, 11) is -3.81. The summed E-state index contributed by atoms with van der Waals surface area (Å²) in [5.74, 6) is 0.478. The molecule has 0 saturated heterocycles. The number of aliphatic carboxylic acids is 1. The molecule has 0 saturated carbocycles. The maximum absolute atomic E-state index is 12.9. The Kier molecular flexibility index (Phi) is 68.3. The van der Waals surface area contributed by atoms with Crippen LogP contribution in [0.1, 0.15) is 138 Å². The molecule has 0 radical (unpaired) electrons. The predicted molar refractivity (Wildman–Crippen MR) is 269 cm³/mol. The van der Waals surface area contributed by atoms with E-state index < -0.39 is 33.8 Å². The van der Waals surface area contributed by atoms with Gasteiger partial charge in [-0.3, -0.25) is 19.8 Å². The fourth-order valence-electron chi connectivity index (χ4n) is 3.75. The average molecular weight is 884 g/mol. The minimum atomic E-state index is -3.81. The van der Waals surface area contributed by atoms with E-state index in [2.05, 4.69) is 54.2 Å². The van der Waals surface area contributed by atoms with Crippen LogP contribution in [0.15, 0.2) is 98.1 Å². The molecule has 3 rings (SSSR count). The minimum absolute atomic E-state index is 0. The van der Waals surface area contributed by atoms with Crippen LogP contribution in [-0.2, 0) is 43.1 Å². The van der Waals surface area contributed by atoms with Crippen LogP contribution >= 0.6 is 0 Å². The molecule has 3 aromatic rings. The van der Waals surface area contributed by atoms with Gasteiger partial charge in [0.15, 0.2) is 0 Å². The van der Waals surface area contributed by atoms with Crippen LogP contribution in [0.4, 0.5) is 0 Å². The summed E-state index contributed by atoms with van der Waals surface area (Å²) in [6.07, 6.45) is 15.8. The summed E-state index contributed by atoms with van der Waals surface area (Å²) >= 11 is 0. The molecule has 11 nitrogen and oxygen atoms in total. The zero-order valence-corrected chi connectivity index (χ0v) is 40.3. The van der Waals surface area contributed by atoms with Crippen LogP contribution in [0, 0.1) is 30.6 Å². The smallest absolute Gasteiger partial charge is 0.303 e. The van der Waals surface area contributed by atoms with Crippen molar-refractivity contribution in [2.75, 3.05) is 6.54 Å². The number of carbonyl (C=O) groups is 3. The fraction of sp³-hybridized carbons (Fsp3) is 0.440. The number of rotatable bonds is 15. The van der Waals surface area contributed by atoms with Crippen molar-refractivity contribution in [2.24, 2.45) is 5.73 Å². The minimum Gasteiger partial charge on any atom is -0.481 e. The van der Waals surface area contributed by atoms with Crippen molar-refractivity contribution in [1.82, 2.24) is 15.4 Å². The van der Waals surface area contributed by atoms with Crippen LogP contribution < -0.4 is 21.1 Å². The maximum atomic E-state index is 12.9. The molecule has 0 unspecified atom stereocenters. The van der Waals surface area contributed by atoms with E-state index in [0.29, 0.717) is 17.5 Å². The maximum Gasteiger partial charge on any atom is 0.303 e. The van der Waals surface area contributed by atoms with Crippen molar-refractivity contribution >= 4 is 33.6 Å². The number of carbonyl (C=O) groups excluding carboxylic acids is 2. The topological polar surface area (TPSA) is 192 Å². The highest BCUT2D eigenvalue weighted by molar-refractivity contribution is 7.88. The first-order chi connectivity index (χ1) is 29.4. The van der Waals surface area contributed by atoms with Gasteiger partial charge in [0.2, 0.25) is 21.8 Å². The molecule has 0 spiro atoms. The number of sulfonamides is 1. The Balaban J connectivity index is -0.000000164.